The number of quaternary nitrogens is 2. The fourth-order valence-corrected chi connectivity index (χ4v) is 3.67. The van der Waals surface area contributed by atoms with Crippen molar-refractivity contribution < 1.29 is 44.5 Å². The van der Waals surface area contributed by atoms with Gasteiger partial charge in [0.15, 0.2) is 0 Å². The standard InChI is InChI=1S/C21H36N2O2.2ClH/c1-2-3-4-5-6-10-17-25-19-21(24)18-22-13-15-23(16-14-22)20-11-8-7-9-12-20;;/h7-9,11-12,21,24H,2-6,10,13-19H2,1H3;2*1H. The van der Waals surface area contributed by atoms with Gasteiger partial charge in [-0.2, -0.15) is 0 Å². The van der Waals surface area contributed by atoms with Crippen LogP contribution in [0.2, 0.25) is 0 Å². The largest absolute Gasteiger partial charge is 1.00 e. The molecule has 6 heteroatoms. The first-order valence-electron chi connectivity index (χ1n) is 10.3. The van der Waals surface area contributed by atoms with E-state index in [0.29, 0.717) is 6.61 Å². The molecule has 3 N–H and O–H groups in total. The normalized spacial score (nSPS) is 20.4. The van der Waals surface area contributed by atoms with Crippen LogP contribution in [0.1, 0.15) is 45.4 Å². The molecule has 1 aromatic rings. The Kier molecular flexibility index (Phi) is 16.4. The summed E-state index contributed by atoms with van der Waals surface area (Å²) in [6.45, 7) is 8.89. The zero-order valence-corrected chi connectivity index (χ0v) is 18.3. The van der Waals surface area contributed by atoms with E-state index < -0.39 is 0 Å². The van der Waals surface area contributed by atoms with Crippen molar-refractivity contribution in [1.82, 2.24) is 0 Å². The molecule has 1 aromatic carbocycles. The average molecular weight is 421 g/mol. The lowest BCUT2D eigenvalue weighted by Crippen LogP contribution is -3.26. The molecule has 1 aliphatic heterocycles. The maximum absolute atomic E-state index is 10.2. The van der Waals surface area contributed by atoms with Crippen LogP contribution in [0.15, 0.2) is 30.3 Å². The zero-order valence-electron chi connectivity index (χ0n) is 16.8. The number of nitrogens with one attached hydrogen (secondary N) is 2. The Morgan fingerprint density at radius 1 is 0.926 bits per heavy atom. The first kappa shape index (κ1) is 26.6. The molecule has 1 heterocycles. The number of piperazine rings is 1. The highest BCUT2D eigenvalue weighted by Gasteiger charge is 2.25. The van der Waals surface area contributed by atoms with E-state index in [1.54, 1.807) is 4.90 Å². The van der Waals surface area contributed by atoms with Gasteiger partial charge in [-0.25, -0.2) is 0 Å². The zero-order chi connectivity index (χ0) is 17.7. The maximum Gasteiger partial charge on any atom is 0.132 e. The third kappa shape index (κ3) is 11.3. The van der Waals surface area contributed by atoms with Gasteiger partial charge in [-0.1, -0.05) is 57.2 Å². The highest BCUT2D eigenvalue weighted by atomic mass is 35.5. The van der Waals surface area contributed by atoms with Crippen molar-refractivity contribution in [2.45, 2.75) is 51.6 Å². The Labute approximate surface area is 178 Å². The Hall–Kier alpha value is -0.360. The van der Waals surface area contributed by atoms with Crippen LogP contribution < -0.4 is 34.6 Å². The van der Waals surface area contributed by atoms with Gasteiger partial charge in [-0.05, 0) is 18.6 Å². The molecule has 0 bridgehead atoms. The molecule has 158 valence electrons. The van der Waals surface area contributed by atoms with E-state index in [1.165, 1.54) is 42.7 Å². The van der Waals surface area contributed by atoms with Crippen LogP contribution in [0.5, 0.6) is 0 Å². The number of benzene rings is 1. The quantitative estimate of drug-likeness (QED) is 0.296. The molecule has 1 atom stereocenters. The molecule has 0 saturated carbocycles. The molecule has 0 aromatic heterocycles. The topological polar surface area (TPSA) is 38.3 Å². The second-order valence-corrected chi connectivity index (χ2v) is 7.42. The van der Waals surface area contributed by atoms with Crippen molar-refractivity contribution in [2.24, 2.45) is 0 Å². The number of para-hydroxylation sites is 1. The van der Waals surface area contributed by atoms with Gasteiger partial charge in [0.2, 0.25) is 0 Å². The minimum Gasteiger partial charge on any atom is -1.00 e. The highest BCUT2D eigenvalue weighted by molar-refractivity contribution is 5.27. The molecule has 0 aliphatic carbocycles. The number of halogens is 2. The first-order chi connectivity index (χ1) is 12.3. The van der Waals surface area contributed by atoms with E-state index in [-0.39, 0.29) is 30.9 Å². The summed E-state index contributed by atoms with van der Waals surface area (Å²) < 4.78 is 5.67. The van der Waals surface area contributed by atoms with Gasteiger partial charge in [0, 0.05) is 6.61 Å². The van der Waals surface area contributed by atoms with E-state index in [0.717, 1.165) is 45.8 Å². The molecule has 27 heavy (non-hydrogen) atoms. The van der Waals surface area contributed by atoms with Gasteiger partial charge >= 0.3 is 0 Å². The predicted molar refractivity (Wildman–Crippen MR) is 103 cm³/mol. The van der Waals surface area contributed by atoms with Crippen LogP contribution in [0.25, 0.3) is 0 Å². The molecule has 4 nitrogen and oxygen atoms in total. The number of hydrogen-bond acceptors (Lipinski definition) is 2. The van der Waals surface area contributed by atoms with Gasteiger partial charge in [0.1, 0.15) is 44.5 Å². The Balaban J connectivity index is 0.00000338. The molecule has 0 radical (unpaired) electrons. The number of ether oxygens (including phenoxy) is 1. The molecule has 0 spiro atoms. The Morgan fingerprint density at radius 2 is 1.56 bits per heavy atom. The van der Waals surface area contributed by atoms with Crippen LogP contribution in [-0.4, -0.2) is 57.1 Å². The molecular formula is C21H38Cl2N2O2. The van der Waals surface area contributed by atoms with Gasteiger partial charge < -0.3 is 39.6 Å². The SMILES string of the molecule is CCCCCCCCOCC(O)C[NH+]1CC[NH+](c2ccccc2)CC1.[Cl-].[Cl-]. The van der Waals surface area contributed by atoms with Crippen molar-refractivity contribution in [3.05, 3.63) is 30.3 Å². The Morgan fingerprint density at radius 3 is 2.22 bits per heavy atom. The number of aliphatic hydroxyl groups is 1. The van der Waals surface area contributed by atoms with E-state index in [2.05, 4.69) is 37.3 Å². The molecule has 0 amide bonds. The van der Waals surface area contributed by atoms with Crippen LogP contribution in [0.4, 0.5) is 5.69 Å². The number of hydrogen-bond donors (Lipinski definition) is 3. The molecular weight excluding hydrogens is 383 g/mol. The van der Waals surface area contributed by atoms with Crippen LogP contribution in [0, 0.1) is 0 Å². The minimum atomic E-state index is -0.326. The summed E-state index contributed by atoms with van der Waals surface area (Å²) in [4.78, 5) is 3.08. The summed E-state index contributed by atoms with van der Waals surface area (Å²) in [5.41, 5.74) is 1.39. The highest BCUT2D eigenvalue weighted by Crippen LogP contribution is 2.04. The van der Waals surface area contributed by atoms with Crippen molar-refractivity contribution in [3.63, 3.8) is 0 Å². The van der Waals surface area contributed by atoms with Crippen LogP contribution in [0.3, 0.4) is 0 Å². The van der Waals surface area contributed by atoms with Gasteiger partial charge in [-0.3, -0.25) is 4.90 Å². The van der Waals surface area contributed by atoms with Crippen molar-refractivity contribution >= 4 is 5.69 Å². The summed E-state index contributed by atoms with van der Waals surface area (Å²) in [6.07, 6.45) is 7.37. The summed E-state index contributed by atoms with van der Waals surface area (Å²) in [5, 5.41) is 10.2. The average Bonchev–Trinajstić information content (AvgIpc) is 2.65. The number of aliphatic hydroxyl groups excluding tert-OH is 1. The monoisotopic (exact) mass is 420 g/mol. The fraction of sp³-hybridized carbons (Fsp3) is 0.714. The third-order valence-corrected chi connectivity index (χ3v) is 5.22. The smallest absolute Gasteiger partial charge is 0.132 e. The second kappa shape index (κ2) is 16.6. The fourth-order valence-electron chi connectivity index (χ4n) is 3.67. The molecule has 1 unspecified atom stereocenters. The summed E-state index contributed by atoms with van der Waals surface area (Å²) in [5.74, 6) is 0. The minimum absolute atomic E-state index is 0. The number of unbranched alkanes of at least 4 members (excludes halogenated alkanes) is 5. The van der Waals surface area contributed by atoms with E-state index in [9.17, 15) is 5.11 Å². The first-order valence-corrected chi connectivity index (χ1v) is 10.3. The number of rotatable bonds is 12. The lowest BCUT2D eigenvalue weighted by molar-refractivity contribution is -0.988. The predicted octanol–water partition coefficient (Wildman–Crippen LogP) is -5.15. The van der Waals surface area contributed by atoms with Crippen LogP contribution >= 0.6 is 0 Å². The molecule has 1 aliphatic rings. The second-order valence-electron chi connectivity index (χ2n) is 7.42. The molecule has 1 fully saturated rings. The molecule has 2 rings (SSSR count). The Bertz CT molecular complexity index is 443. The summed E-state index contributed by atoms with van der Waals surface area (Å²) in [7, 11) is 0. The van der Waals surface area contributed by atoms with Gasteiger partial charge in [0.25, 0.3) is 0 Å². The van der Waals surface area contributed by atoms with Gasteiger partial charge in [-0.15, -0.1) is 0 Å². The van der Waals surface area contributed by atoms with Crippen molar-refractivity contribution in [2.75, 3.05) is 45.9 Å². The summed E-state index contributed by atoms with van der Waals surface area (Å²) in [6, 6.07) is 10.7. The lowest BCUT2D eigenvalue weighted by atomic mass is 10.1. The third-order valence-electron chi connectivity index (χ3n) is 5.22. The lowest BCUT2D eigenvalue weighted by Gasteiger charge is -2.30. The summed E-state index contributed by atoms with van der Waals surface area (Å²) >= 11 is 0. The molecule has 1 saturated heterocycles. The van der Waals surface area contributed by atoms with Gasteiger partial charge in [0.05, 0.1) is 6.61 Å². The van der Waals surface area contributed by atoms with E-state index in [1.807, 2.05) is 0 Å². The van der Waals surface area contributed by atoms with Crippen molar-refractivity contribution in [1.29, 1.82) is 0 Å². The van der Waals surface area contributed by atoms with Crippen molar-refractivity contribution in [3.8, 4) is 0 Å². The van der Waals surface area contributed by atoms with E-state index >= 15 is 0 Å². The van der Waals surface area contributed by atoms with E-state index in [4.69, 9.17) is 4.74 Å². The maximum atomic E-state index is 10.2. The van der Waals surface area contributed by atoms with Crippen LogP contribution in [-0.2, 0) is 4.74 Å².